The number of aromatic nitrogens is 1. The molecule has 2 aliphatic heterocycles. The second-order valence-corrected chi connectivity index (χ2v) is 11.1. The summed E-state index contributed by atoms with van der Waals surface area (Å²) in [4.78, 5) is 26.6. The summed E-state index contributed by atoms with van der Waals surface area (Å²) in [5.41, 5.74) is 0.989. The zero-order valence-electron chi connectivity index (χ0n) is 17.8. The Morgan fingerprint density at radius 2 is 1.88 bits per heavy atom. The lowest BCUT2D eigenvalue weighted by Crippen LogP contribution is -2.60. The van der Waals surface area contributed by atoms with Gasteiger partial charge in [0.05, 0.1) is 0 Å². The number of alkyl halides is 3. The lowest BCUT2D eigenvalue weighted by molar-refractivity contribution is -0.123. The molecule has 0 saturated carbocycles. The van der Waals surface area contributed by atoms with Crippen LogP contribution in [-0.4, -0.2) is 50.1 Å². The second-order valence-electron chi connectivity index (χ2n) is 8.34. The van der Waals surface area contributed by atoms with E-state index in [-0.39, 0.29) is 24.0 Å². The number of rotatable bonds is 5. The Hall–Kier alpha value is -2.07. The molecule has 1 aromatic carbocycles. The van der Waals surface area contributed by atoms with Crippen LogP contribution in [-0.2, 0) is 11.3 Å². The van der Waals surface area contributed by atoms with Crippen LogP contribution in [0, 0.1) is 11.7 Å². The van der Waals surface area contributed by atoms with Gasteiger partial charge in [0.15, 0.2) is 11.7 Å². The minimum absolute atomic E-state index is 0.00295. The Morgan fingerprint density at radius 1 is 1.15 bits per heavy atom. The van der Waals surface area contributed by atoms with E-state index >= 15 is 0 Å². The fourth-order valence-corrected chi connectivity index (χ4v) is 4.95. The predicted octanol–water partition coefficient (Wildman–Crippen LogP) is 3.17. The highest BCUT2D eigenvalue weighted by atomic mass is 35.6. The molecule has 7 nitrogen and oxygen atoms in total. The van der Waals surface area contributed by atoms with Gasteiger partial charge in [0.1, 0.15) is 17.7 Å². The van der Waals surface area contributed by atoms with Gasteiger partial charge in [-0.1, -0.05) is 40.9 Å². The number of fused-ring (bicyclic) bond motifs is 4. The van der Waals surface area contributed by atoms with Crippen LogP contribution in [0.15, 0.2) is 47.3 Å². The number of ether oxygens (including phenoxy) is 1. The molecule has 1 fully saturated rings. The maximum Gasteiger partial charge on any atom is 0.259 e. The highest BCUT2D eigenvalue weighted by Crippen LogP contribution is 2.35. The van der Waals surface area contributed by atoms with E-state index in [1.54, 1.807) is 12.1 Å². The van der Waals surface area contributed by atoms with Crippen LogP contribution in [0.4, 0.5) is 4.39 Å². The van der Waals surface area contributed by atoms with Gasteiger partial charge in [0, 0.05) is 37.3 Å². The van der Waals surface area contributed by atoms with Gasteiger partial charge < -0.3 is 24.8 Å². The third-order valence-corrected chi connectivity index (χ3v) is 6.88. The fourth-order valence-electron chi connectivity index (χ4n) is 4.36. The van der Waals surface area contributed by atoms with Crippen molar-refractivity contribution in [3.8, 4) is 5.75 Å². The Balaban J connectivity index is 1.38. The Morgan fingerprint density at radius 3 is 2.59 bits per heavy atom. The molecule has 0 spiro atoms. The van der Waals surface area contributed by atoms with Crippen molar-refractivity contribution in [3.05, 3.63) is 64.3 Å². The normalized spacial score (nSPS) is 20.2. The molecule has 3 atom stereocenters. The van der Waals surface area contributed by atoms with Gasteiger partial charge in [-0.15, -0.1) is 0 Å². The van der Waals surface area contributed by atoms with Gasteiger partial charge >= 0.3 is 0 Å². The van der Waals surface area contributed by atoms with Gasteiger partial charge in [0.2, 0.25) is 3.79 Å². The predicted molar refractivity (Wildman–Crippen MR) is 133 cm³/mol. The smallest absolute Gasteiger partial charge is 0.259 e. The maximum atomic E-state index is 13.0. The van der Waals surface area contributed by atoms with Crippen molar-refractivity contribution in [2.45, 2.75) is 28.8 Å². The van der Waals surface area contributed by atoms with E-state index in [4.69, 9.17) is 51.8 Å². The number of thiocarbonyl (C=S) groups is 1. The van der Waals surface area contributed by atoms with Crippen molar-refractivity contribution in [2.24, 2.45) is 5.92 Å². The fraction of sp³-hybridized carbons (Fsp3) is 0.409. The molecule has 34 heavy (non-hydrogen) atoms. The molecule has 2 aromatic rings. The lowest BCUT2D eigenvalue weighted by Gasteiger charge is -2.44. The van der Waals surface area contributed by atoms with Crippen LogP contribution in [0.2, 0.25) is 0 Å². The first-order valence-corrected chi connectivity index (χ1v) is 12.1. The molecular formula is C22H22Cl3FN4O3S. The van der Waals surface area contributed by atoms with Crippen molar-refractivity contribution in [2.75, 3.05) is 19.7 Å². The van der Waals surface area contributed by atoms with Crippen molar-refractivity contribution < 1.29 is 13.9 Å². The monoisotopic (exact) mass is 546 g/mol. The van der Waals surface area contributed by atoms with Gasteiger partial charge in [-0.05, 0) is 54.9 Å². The highest BCUT2D eigenvalue weighted by molar-refractivity contribution is 7.80. The summed E-state index contributed by atoms with van der Waals surface area (Å²) in [6.07, 6.45) is -0.153. The molecule has 0 radical (unpaired) electrons. The average Bonchev–Trinajstić information content (AvgIpc) is 2.78. The van der Waals surface area contributed by atoms with E-state index in [2.05, 4.69) is 10.6 Å². The minimum Gasteiger partial charge on any atom is -0.484 e. The first-order chi connectivity index (χ1) is 16.1. The van der Waals surface area contributed by atoms with Crippen molar-refractivity contribution in [3.63, 3.8) is 0 Å². The van der Waals surface area contributed by atoms with Crippen molar-refractivity contribution in [1.82, 2.24) is 20.1 Å². The third-order valence-electron chi connectivity index (χ3n) is 5.85. The van der Waals surface area contributed by atoms with Crippen LogP contribution in [0.25, 0.3) is 0 Å². The molecule has 1 amide bonds. The number of nitrogens with zero attached hydrogens (tertiary/aromatic N) is 2. The van der Waals surface area contributed by atoms with Crippen molar-refractivity contribution >= 4 is 58.0 Å². The molecule has 12 heteroatoms. The van der Waals surface area contributed by atoms with E-state index < -0.39 is 21.7 Å². The molecule has 3 heterocycles. The molecular weight excluding hydrogens is 526 g/mol. The third kappa shape index (κ3) is 5.94. The summed E-state index contributed by atoms with van der Waals surface area (Å²) < 4.78 is 18.3. The molecule has 2 aliphatic rings. The van der Waals surface area contributed by atoms with Crippen LogP contribution >= 0.6 is 47.0 Å². The number of amides is 1. The van der Waals surface area contributed by atoms with Crippen LogP contribution in [0.3, 0.4) is 0 Å². The van der Waals surface area contributed by atoms with Gasteiger partial charge in [-0.2, -0.15) is 0 Å². The van der Waals surface area contributed by atoms with E-state index in [0.717, 1.165) is 12.1 Å². The summed E-state index contributed by atoms with van der Waals surface area (Å²) in [6.45, 7) is 1.49. The number of benzene rings is 1. The second kappa shape index (κ2) is 10.3. The van der Waals surface area contributed by atoms with Crippen LogP contribution in [0.1, 0.15) is 18.0 Å². The first kappa shape index (κ1) is 25.0. The molecule has 4 rings (SSSR count). The Labute approximate surface area is 216 Å². The Kier molecular flexibility index (Phi) is 7.57. The number of hydrogen-bond donors (Lipinski definition) is 2. The number of hydrogen-bond acceptors (Lipinski definition) is 4. The number of carbonyl (C=O) groups excluding carboxylic acids is 1. The number of nitrogens with one attached hydrogen (secondary N) is 2. The van der Waals surface area contributed by atoms with Crippen LogP contribution in [0.5, 0.6) is 5.75 Å². The molecule has 1 saturated heterocycles. The number of piperidine rings is 1. The number of halogens is 4. The summed E-state index contributed by atoms with van der Waals surface area (Å²) in [5, 5.41) is 5.85. The Bertz CT molecular complexity index is 1130. The highest BCUT2D eigenvalue weighted by Gasteiger charge is 2.38. The number of carbonyl (C=O) groups is 1. The van der Waals surface area contributed by atoms with E-state index in [9.17, 15) is 14.0 Å². The SMILES string of the molecule is O=C(COc1ccc(F)cc1)NC(NC(=S)N1C[C@@H]2C[C@H](C1)c1cccc(=O)n1C2)C(Cl)(Cl)Cl. The largest absolute Gasteiger partial charge is 0.484 e. The zero-order valence-corrected chi connectivity index (χ0v) is 20.9. The zero-order chi connectivity index (χ0) is 24.5. The summed E-state index contributed by atoms with van der Waals surface area (Å²) in [6, 6.07) is 10.6. The molecule has 2 N–H and O–H groups in total. The quantitative estimate of drug-likeness (QED) is 0.340. The van der Waals surface area contributed by atoms with Crippen LogP contribution < -0.4 is 20.9 Å². The summed E-state index contributed by atoms with van der Waals surface area (Å²) >= 11 is 23.9. The maximum absolute atomic E-state index is 13.0. The van der Waals surface area contributed by atoms with Crippen molar-refractivity contribution in [1.29, 1.82) is 0 Å². The first-order valence-electron chi connectivity index (χ1n) is 10.6. The summed E-state index contributed by atoms with van der Waals surface area (Å²) in [5.74, 6) is -0.255. The summed E-state index contributed by atoms with van der Waals surface area (Å²) in [7, 11) is 0. The minimum atomic E-state index is -1.90. The topological polar surface area (TPSA) is 75.6 Å². The molecule has 1 unspecified atom stereocenters. The van der Waals surface area contributed by atoms with Gasteiger partial charge in [-0.25, -0.2) is 4.39 Å². The van der Waals surface area contributed by atoms with E-state index in [1.807, 2.05) is 15.5 Å². The lowest BCUT2D eigenvalue weighted by atomic mass is 9.83. The number of pyridine rings is 1. The van der Waals surface area contributed by atoms with E-state index in [1.165, 1.54) is 24.3 Å². The average molecular weight is 548 g/mol. The van der Waals surface area contributed by atoms with Gasteiger partial charge in [-0.3, -0.25) is 9.59 Å². The number of likely N-dealkylation sites (tertiary alicyclic amines) is 1. The molecule has 0 aliphatic carbocycles. The molecule has 2 bridgehead atoms. The molecule has 1 aromatic heterocycles. The molecule has 182 valence electrons. The van der Waals surface area contributed by atoms with E-state index in [0.29, 0.717) is 30.5 Å². The van der Waals surface area contributed by atoms with Gasteiger partial charge in [0.25, 0.3) is 11.5 Å². The standard InChI is InChI=1S/C22H22Cl3FN4O3S/c23-22(24,25)20(27-18(31)12-33-16-6-4-15(26)5-7-16)28-21(34)29-9-13-8-14(11-29)17-2-1-3-19(32)30(17)10-13/h1-7,13-14,20H,8-12H2,(H,27,31)(H,28,34)/t13-,14+,20?/m0/s1.